The van der Waals surface area contributed by atoms with Crippen molar-refractivity contribution >= 4 is 21.1 Å². The average molecular weight is 343 g/mol. The fraction of sp³-hybridized carbons (Fsp3) is 0.176. The molecule has 2 aromatic heterocycles. The molecule has 5 nitrogen and oxygen atoms in total. The zero-order chi connectivity index (χ0) is 16.7. The predicted molar refractivity (Wildman–Crippen MR) is 87.2 cm³/mol. The summed E-state index contributed by atoms with van der Waals surface area (Å²) in [6.45, 7) is 0.545. The number of fused-ring (bicyclic) bond motifs is 2. The van der Waals surface area contributed by atoms with E-state index in [1.807, 2.05) is 18.2 Å². The van der Waals surface area contributed by atoms with Crippen molar-refractivity contribution in [3.63, 3.8) is 0 Å². The highest BCUT2D eigenvalue weighted by Gasteiger charge is 2.29. The van der Waals surface area contributed by atoms with E-state index < -0.39 is 15.8 Å². The van der Waals surface area contributed by atoms with Crippen LogP contribution in [-0.2, 0) is 23.0 Å². The Morgan fingerprint density at radius 1 is 1.12 bits per heavy atom. The molecule has 0 saturated heterocycles. The van der Waals surface area contributed by atoms with Crippen molar-refractivity contribution in [3.8, 4) is 0 Å². The van der Waals surface area contributed by atoms with Gasteiger partial charge in [0.15, 0.2) is 5.65 Å². The van der Waals surface area contributed by atoms with Gasteiger partial charge in [0.1, 0.15) is 5.82 Å². The van der Waals surface area contributed by atoms with Gasteiger partial charge in [-0.15, -0.1) is 0 Å². The lowest BCUT2D eigenvalue weighted by atomic mass is 10.1. The molecule has 0 aliphatic carbocycles. The summed E-state index contributed by atoms with van der Waals surface area (Å²) in [7, 11) is -3.73. The molecule has 1 aliphatic heterocycles. The summed E-state index contributed by atoms with van der Waals surface area (Å²) in [4.78, 5) is 8.73. The summed E-state index contributed by atoms with van der Waals surface area (Å²) in [6, 6.07) is 10.7. The number of rotatable bonds is 2. The van der Waals surface area contributed by atoms with E-state index >= 15 is 0 Å². The highest BCUT2D eigenvalue weighted by atomic mass is 32.2. The Balaban J connectivity index is 1.72. The van der Waals surface area contributed by atoms with Gasteiger partial charge in [0, 0.05) is 36.8 Å². The molecule has 4 rings (SSSR count). The van der Waals surface area contributed by atoms with Crippen molar-refractivity contribution in [2.45, 2.75) is 17.9 Å². The Morgan fingerprint density at radius 3 is 2.83 bits per heavy atom. The van der Waals surface area contributed by atoms with Crippen molar-refractivity contribution in [3.05, 3.63) is 65.7 Å². The Bertz CT molecular complexity index is 1040. The Hall–Kier alpha value is -2.38. The van der Waals surface area contributed by atoms with Gasteiger partial charge >= 0.3 is 0 Å². The van der Waals surface area contributed by atoms with Gasteiger partial charge in [0.2, 0.25) is 10.0 Å². The number of benzene rings is 1. The number of nitrogens with zero attached hydrogens (tertiary/aromatic N) is 3. The minimum Gasteiger partial charge on any atom is -0.237 e. The lowest BCUT2D eigenvalue weighted by molar-refractivity contribution is 0.388. The van der Waals surface area contributed by atoms with Crippen molar-refractivity contribution in [1.29, 1.82) is 0 Å². The summed E-state index contributed by atoms with van der Waals surface area (Å²) in [5.74, 6) is -0.563. The van der Waals surface area contributed by atoms with Crippen molar-refractivity contribution < 1.29 is 12.8 Å². The number of halogens is 1. The van der Waals surface area contributed by atoms with Gasteiger partial charge in [-0.25, -0.2) is 22.8 Å². The van der Waals surface area contributed by atoms with Gasteiger partial charge in [0.05, 0.1) is 4.90 Å². The second kappa shape index (κ2) is 5.61. The molecule has 0 amide bonds. The second-order valence-electron chi connectivity index (χ2n) is 5.69. The van der Waals surface area contributed by atoms with Gasteiger partial charge in [-0.1, -0.05) is 6.07 Å². The first-order valence-corrected chi connectivity index (χ1v) is 8.97. The number of aromatic nitrogens is 2. The van der Waals surface area contributed by atoms with Crippen molar-refractivity contribution in [2.24, 2.45) is 0 Å². The molecule has 24 heavy (non-hydrogen) atoms. The van der Waals surface area contributed by atoms with Crippen LogP contribution in [0.2, 0.25) is 0 Å². The number of sulfonamides is 1. The molecule has 3 heterocycles. The van der Waals surface area contributed by atoms with E-state index in [2.05, 4.69) is 9.97 Å². The molecule has 1 aromatic carbocycles. The van der Waals surface area contributed by atoms with Gasteiger partial charge in [-0.3, -0.25) is 0 Å². The normalized spacial score (nSPS) is 15.4. The summed E-state index contributed by atoms with van der Waals surface area (Å²) in [6.07, 6.45) is 2.20. The number of pyridine rings is 2. The molecule has 0 saturated carbocycles. The summed E-state index contributed by atoms with van der Waals surface area (Å²) >= 11 is 0. The highest BCUT2D eigenvalue weighted by Crippen LogP contribution is 2.26. The molecule has 0 radical (unpaired) electrons. The van der Waals surface area contributed by atoms with E-state index in [0.717, 1.165) is 22.7 Å². The molecule has 7 heteroatoms. The maximum Gasteiger partial charge on any atom is 0.243 e. The fourth-order valence-electron chi connectivity index (χ4n) is 2.92. The second-order valence-corrected chi connectivity index (χ2v) is 7.63. The SMILES string of the molecule is O=S(=O)(c1cccc(F)c1)N1CCc2nc3ncccc3cc2C1. The Kier molecular flexibility index (Phi) is 3.54. The zero-order valence-electron chi connectivity index (χ0n) is 12.7. The first kappa shape index (κ1) is 15.2. The third kappa shape index (κ3) is 2.55. The third-order valence-electron chi connectivity index (χ3n) is 4.14. The number of hydrogen-bond acceptors (Lipinski definition) is 4. The molecule has 122 valence electrons. The van der Waals surface area contributed by atoms with Crippen LogP contribution in [0.5, 0.6) is 0 Å². The van der Waals surface area contributed by atoms with Crippen LogP contribution in [0.15, 0.2) is 53.6 Å². The third-order valence-corrected chi connectivity index (χ3v) is 5.98. The standard InChI is InChI=1S/C17H14FN3O2S/c18-14-4-1-5-15(10-14)24(22,23)21-8-6-16-13(11-21)9-12-3-2-7-19-17(12)20-16/h1-5,7,9-10H,6,8,11H2. The van der Waals surface area contributed by atoms with Crippen LogP contribution >= 0.6 is 0 Å². The first-order valence-electron chi connectivity index (χ1n) is 7.53. The van der Waals surface area contributed by atoms with E-state index in [1.165, 1.54) is 22.5 Å². The lowest BCUT2D eigenvalue weighted by Gasteiger charge is -2.27. The van der Waals surface area contributed by atoms with Crippen molar-refractivity contribution in [2.75, 3.05) is 6.54 Å². The van der Waals surface area contributed by atoms with Crippen LogP contribution in [0.3, 0.4) is 0 Å². The van der Waals surface area contributed by atoms with E-state index in [0.29, 0.717) is 18.6 Å². The smallest absolute Gasteiger partial charge is 0.237 e. The maximum absolute atomic E-state index is 13.4. The van der Waals surface area contributed by atoms with Crippen LogP contribution in [0.1, 0.15) is 11.3 Å². The topological polar surface area (TPSA) is 63.2 Å². The van der Waals surface area contributed by atoms with Crippen LogP contribution in [0, 0.1) is 5.82 Å². The minimum absolute atomic E-state index is 0.0265. The molecular weight excluding hydrogens is 329 g/mol. The minimum atomic E-state index is -3.73. The highest BCUT2D eigenvalue weighted by molar-refractivity contribution is 7.89. The van der Waals surface area contributed by atoms with Crippen LogP contribution in [0.25, 0.3) is 11.0 Å². The fourth-order valence-corrected chi connectivity index (χ4v) is 4.37. The quantitative estimate of drug-likeness (QED) is 0.717. The molecule has 1 aliphatic rings. The maximum atomic E-state index is 13.4. The first-order chi connectivity index (χ1) is 11.5. The van der Waals surface area contributed by atoms with Crippen LogP contribution in [0.4, 0.5) is 4.39 Å². The zero-order valence-corrected chi connectivity index (χ0v) is 13.5. The predicted octanol–water partition coefficient (Wildman–Crippen LogP) is 2.52. The Labute approximate surface area is 138 Å². The molecule has 0 unspecified atom stereocenters. The van der Waals surface area contributed by atoms with E-state index in [9.17, 15) is 12.8 Å². The van der Waals surface area contributed by atoms with E-state index in [1.54, 1.807) is 6.20 Å². The average Bonchev–Trinajstić information content (AvgIpc) is 2.59. The monoisotopic (exact) mass is 343 g/mol. The van der Waals surface area contributed by atoms with Gasteiger partial charge < -0.3 is 0 Å². The van der Waals surface area contributed by atoms with Gasteiger partial charge in [0.25, 0.3) is 0 Å². The van der Waals surface area contributed by atoms with Crippen molar-refractivity contribution in [1.82, 2.24) is 14.3 Å². The van der Waals surface area contributed by atoms with Crippen LogP contribution < -0.4 is 0 Å². The molecule has 0 N–H and O–H groups in total. The van der Waals surface area contributed by atoms with Gasteiger partial charge in [-0.05, 0) is 42.0 Å². The molecule has 0 spiro atoms. The molecule has 0 atom stereocenters. The molecule has 0 fully saturated rings. The largest absolute Gasteiger partial charge is 0.243 e. The summed E-state index contributed by atoms with van der Waals surface area (Å²) in [5, 5.41) is 0.876. The molecular formula is C17H14FN3O2S. The van der Waals surface area contributed by atoms with Gasteiger partial charge in [-0.2, -0.15) is 4.31 Å². The van der Waals surface area contributed by atoms with E-state index in [4.69, 9.17) is 0 Å². The lowest BCUT2D eigenvalue weighted by Crippen LogP contribution is -2.36. The molecule has 0 bridgehead atoms. The Morgan fingerprint density at radius 2 is 2.00 bits per heavy atom. The van der Waals surface area contributed by atoms with Crippen LogP contribution in [-0.4, -0.2) is 29.2 Å². The summed E-state index contributed by atoms with van der Waals surface area (Å²) in [5.41, 5.74) is 2.39. The number of hydrogen-bond donors (Lipinski definition) is 0. The van der Waals surface area contributed by atoms with E-state index in [-0.39, 0.29) is 11.4 Å². The molecule has 3 aromatic rings. The summed E-state index contributed by atoms with van der Waals surface area (Å²) < 4.78 is 40.2.